The molecule has 1 amide bonds. The molecule has 1 aliphatic rings. The van der Waals surface area contributed by atoms with Crippen molar-refractivity contribution in [1.82, 2.24) is 10.6 Å². The summed E-state index contributed by atoms with van der Waals surface area (Å²) in [7, 11) is 0. The summed E-state index contributed by atoms with van der Waals surface area (Å²) in [6.45, 7) is 4.79. The maximum atomic E-state index is 12.0. The van der Waals surface area contributed by atoms with E-state index in [-0.39, 0.29) is 17.5 Å². The fourth-order valence-electron chi connectivity index (χ4n) is 2.01. The topological polar surface area (TPSA) is 64.9 Å². The van der Waals surface area contributed by atoms with E-state index in [4.69, 9.17) is 5.26 Å². The Kier molecular flexibility index (Phi) is 4.10. The molecule has 0 bridgehead atoms. The zero-order chi connectivity index (χ0) is 11.3. The quantitative estimate of drug-likeness (QED) is 0.724. The second-order valence-corrected chi connectivity index (χ2v) is 4.20. The summed E-state index contributed by atoms with van der Waals surface area (Å²) >= 11 is 0. The molecule has 0 spiro atoms. The fraction of sp³-hybridized carbons (Fsp3) is 0.818. The number of amides is 1. The first-order valence-electron chi connectivity index (χ1n) is 5.57. The molecule has 0 radical (unpaired) electrons. The third-order valence-electron chi connectivity index (χ3n) is 3.06. The Morgan fingerprint density at radius 1 is 1.73 bits per heavy atom. The number of nitrogens with zero attached hydrogens (tertiary/aromatic N) is 1. The maximum Gasteiger partial charge on any atom is 0.240 e. The number of carbonyl (C=O) groups is 1. The van der Waals surface area contributed by atoms with Gasteiger partial charge in [-0.1, -0.05) is 6.92 Å². The Labute approximate surface area is 91.0 Å². The zero-order valence-corrected chi connectivity index (χ0v) is 9.47. The summed E-state index contributed by atoms with van der Waals surface area (Å²) in [6.07, 6.45) is 3.12. The average molecular weight is 209 g/mol. The Morgan fingerprint density at radius 2 is 2.47 bits per heavy atom. The third-order valence-corrected chi connectivity index (χ3v) is 3.06. The van der Waals surface area contributed by atoms with Crippen LogP contribution in [0.4, 0.5) is 0 Å². The van der Waals surface area contributed by atoms with Gasteiger partial charge in [0.25, 0.3) is 0 Å². The van der Waals surface area contributed by atoms with Crippen LogP contribution in [0.1, 0.15) is 39.5 Å². The molecule has 84 valence electrons. The molecule has 1 saturated heterocycles. The predicted octanol–water partition coefficient (Wildman–Crippen LogP) is 0.937. The van der Waals surface area contributed by atoms with E-state index in [0.717, 1.165) is 25.8 Å². The molecule has 15 heavy (non-hydrogen) atoms. The molecule has 0 aromatic rings. The van der Waals surface area contributed by atoms with Crippen LogP contribution < -0.4 is 10.6 Å². The molecule has 0 aromatic carbocycles. The average Bonchev–Trinajstić information content (AvgIpc) is 2.67. The van der Waals surface area contributed by atoms with Crippen LogP contribution in [0.3, 0.4) is 0 Å². The molecule has 0 saturated carbocycles. The lowest BCUT2D eigenvalue weighted by atomic mass is 9.93. The van der Waals surface area contributed by atoms with E-state index in [1.165, 1.54) is 0 Å². The lowest BCUT2D eigenvalue weighted by molar-refractivity contribution is -0.127. The van der Waals surface area contributed by atoms with Gasteiger partial charge in [0, 0.05) is 6.04 Å². The van der Waals surface area contributed by atoms with Crippen LogP contribution >= 0.6 is 0 Å². The number of nitriles is 1. The van der Waals surface area contributed by atoms with Gasteiger partial charge in [-0.25, -0.2) is 0 Å². The van der Waals surface area contributed by atoms with Crippen molar-refractivity contribution in [3.63, 3.8) is 0 Å². The second kappa shape index (κ2) is 5.13. The van der Waals surface area contributed by atoms with Gasteiger partial charge < -0.3 is 10.6 Å². The molecule has 2 unspecified atom stereocenters. The van der Waals surface area contributed by atoms with Crippen LogP contribution in [0.2, 0.25) is 0 Å². The normalized spacial score (nSPS) is 27.0. The highest BCUT2D eigenvalue weighted by atomic mass is 16.2. The zero-order valence-electron chi connectivity index (χ0n) is 9.47. The van der Waals surface area contributed by atoms with Crippen molar-refractivity contribution in [1.29, 1.82) is 5.26 Å². The molecule has 0 aromatic heterocycles. The molecule has 1 fully saturated rings. The summed E-state index contributed by atoms with van der Waals surface area (Å²) in [4.78, 5) is 12.0. The number of nitrogens with one attached hydrogen (secondary N) is 2. The molecule has 1 rings (SSSR count). The van der Waals surface area contributed by atoms with Crippen LogP contribution in [-0.4, -0.2) is 24.0 Å². The highest BCUT2D eigenvalue weighted by Crippen LogP contribution is 2.23. The monoisotopic (exact) mass is 209 g/mol. The van der Waals surface area contributed by atoms with Gasteiger partial charge in [0.1, 0.15) is 0 Å². The smallest absolute Gasteiger partial charge is 0.240 e. The van der Waals surface area contributed by atoms with Crippen molar-refractivity contribution in [2.75, 3.05) is 6.54 Å². The van der Waals surface area contributed by atoms with Crippen molar-refractivity contribution in [2.45, 2.75) is 51.1 Å². The van der Waals surface area contributed by atoms with E-state index in [2.05, 4.69) is 16.7 Å². The molecule has 4 heteroatoms. The van der Waals surface area contributed by atoms with E-state index < -0.39 is 0 Å². The Bertz CT molecular complexity index is 263. The number of hydrogen-bond donors (Lipinski definition) is 2. The minimum absolute atomic E-state index is 0.0465. The van der Waals surface area contributed by atoms with E-state index in [0.29, 0.717) is 6.42 Å². The van der Waals surface area contributed by atoms with Gasteiger partial charge in [-0.05, 0) is 32.7 Å². The fourth-order valence-corrected chi connectivity index (χ4v) is 2.01. The van der Waals surface area contributed by atoms with E-state index >= 15 is 0 Å². The van der Waals surface area contributed by atoms with Gasteiger partial charge >= 0.3 is 0 Å². The van der Waals surface area contributed by atoms with Gasteiger partial charge in [0.05, 0.1) is 18.0 Å². The standard InChI is InChI=1S/C11H19N3O/c1-3-11(6-4-8-13-11)10(15)14-9(2)5-7-12/h9,13H,3-6,8H2,1-2H3,(H,14,15). The van der Waals surface area contributed by atoms with Gasteiger partial charge in [-0.3, -0.25) is 4.79 Å². The highest BCUT2D eigenvalue weighted by molar-refractivity contribution is 5.86. The minimum Gasteiger partial charge on any atom is -0.351 e. The molecule has 2 atom stereocenters. The van der Waals surface area contributed by atoms with E-state index in [9.17, 15) is 4.79 Å². The van der Waals surface area contributed by atoms with Crippen molar-refractivity contribution in [3.05, 3.63) is 0 Å². The van der Waals surface area contributed by atoms with Crippen LogP contribution in [0.5, 0.6) is 0 Å². The molecule has 0 aliphatic carbocycles. The molecule has 1 heterocycles. The molecule has 1 aliphatic heterocycles. The first kappa shape index (κ1) is 12.0. The van der Waals surface area contributed by atoms with Crippen molar-refractivity contribution < 1.29 is 4.79 Å². The summed E-state index contributed by atoms with van der Waals surface area (Å²) < 4.78 is 0. The van der Waals surface area contributed by atoms with Crippen molar-refractivity contribution in [2.24, 2.45) is 0 Å². The van der Waals surface area contributed by atoms with Crippen molar-refractivity contribution >= 4 is 5.91 Å². The minimum atomic E-state index is -0.385. The predicted molar refractivity (Wildman–Crippen MR) is 58.1 cm³/mol. The van der Waals surface area contributed by atoms with Crippen LogP contribution in [0.15, 0.2) is 0 Å². The number of hydrogen-bond acceptors (Lipinski definition) is 3. The Balaban J connectivity index is 2.55. The van der Waals surface area contributed by atoms with E-state index in [1.807, 2.05) is 13.8 Å². The van der Waals surface area contributed by atoms with Gasteiger partial charge in [-0.2, -0.15) is 5.26 Å². The third kappa shape index (κ3) is 2.69. The summed E-state index contributed by atoms with van der Waals surface area (Å²) in [5.74, 6) is 0.0465. The summed E-state index contributed by atoms with van der Waals surface area (Å²) in [5, 5.41) is 14.7. The second-order valence-electron chi connectivity index (χ2n) is 4.20. The summed E-state index contributed by atoms with van der Waals surface area (Å²) in [6, 6.07) is 2.00. The van der Waals surface area contributed by atoms with Gasteiger partial charge in [0.2, 0.25) is 5.91 Å². The Hall–Kier alpha value is -1.08. The van der Waals surface area contributed by atoms with Gasteiger partial charge in [-0.15, -0.1) is 0 Å². The molecular weight excluding hydrogens is 190 g/mol. The Morgan fingerprint density at radius 3 is 2.93 bits per heavy atom. The van der Waals surface area contributed by atoms with Crippen LogP contribution in [-0.2, 0) is 4.79 Å². The van der Waals surface area contributed by atoms with E-state index in [1.54, 1.807) is 0 Å². The maximum absolute atomic E-state index is 12.0. The SMILES string of the molecule is CCC1(C(=O)NC(C)CC#N)CCCN1. The number of carbonyl (C=O) groups excluding carboxylic acids is 1. The lowest BCUT2D eigenvalue weighted by Crippen LogP contribution is -2.54. The molecule has 2 N–H and O–H groups in total. The van der Waals surface area contributed by atoms with Gasteiger partial charge in [0.15, 0.2) is 0 Å². The van der Waals surface area contributed by atoms with Crippen LogP contribution in [0, 0.1) is 11.3 Å². The largest absolute Gasteiger partial charge is 0.351 e. The van der Waals surface area contributed by atoms with Crippen molar-refractivity contribution in [3.8, 4) is 6.07 Å². The summed E-state index contributed by atoms with van der Waals surface area (Å²) in [5.41, 5.74) is -0.385. The lowest BCUT2D eigenvalue weighted by Gasteiger charge is -2.28. The first-order valence-corrected chi connectivity index (χ1v) is 5.57. The molecular formula is C11H19N3O. The van der Waals surface area contributed by atoms with Crippen LogP contribution in [0.25, 0.3) is 0 Å². The molecule has 4 nitrogen and oxygen atoms in total. The number of rotatable bonds is 4. The highest BCUT2D eigenvalue weighted by Gasteiger charge is 2.39. The first-order chi connectivity index (χ1) is 7.14.